The van der Waals surface area contributed by atoms with Crippen molar-refractivity contribution in [2.45, 2.75) is 13.1 Å². The molecule has 0 aliphatic carbocycles. The van der Waals surface area contributed by atoms with Gasteiger partial charge in [0.15, 0.2) is 0 Å². The lowest BCUT2D eigenvalue weighted by atomic mass is 10.3. The lowest BCUT2D eigenvalue weighted by molar-refractivity contribution is 0.289. The number of halogens is 1. The first-order valence-electron chi connectivity index (χ1n) is 5.70. The summed E-state index contributed by atoms with van der Waals surface area (Å²) in [6.07, 6.45) is 1.92. The largest absolute Gasteiger partial charge is 0.492 e. The summed E-state index contributed by atoms with van der Waals surface area (Å²) in [7, 11) is 1.88. The van der Waals surface area contributed by atoms with Crippen LogP contribution in [0.4, 0.5) is 0 Å². The molecule has 2 rings (SSSR count). The van der Waals surface area contributed by atoms with E-state index in [2.05, 4.69) is 31.6 Å². The number of ether oxygens (including phenoxy) is 1. The van der Waals surface area contributed by atoms with E-state index in [0.717, 1.165) is 22.5 Å². The van der Waals surface area contributed by atoms with Gasteiger partial charge in [-0.2, -0.15) is 0 Å². The number of aromatic nitrogens is 3. The summed E-state index contributed by atoms with van der Waals surface area (Å²) < 4.78 is 8.42. The molecule has 0 amide bonds. The number of nitrogens with one attached hydrogen (secondary N) is 1. The van der Waals surface area contributed by atoms with Gasteiger partial charge in [0.2, 0.25) is 0 Å². The molecule has 0 fully saturated rings. The Labute approximate surface area is 114 Å². The minimum Gasteiger partial charge on any atom is -0.492 e. The monoisotopic (exact) mass is 310 g/mol. The van der Waals surface area contributed by atoms with Gasteiger partial charge < -0.3 is 10.1 Å². The molecular formula is C12H15BrN4O. The van der Waals surface area contributed by atoms with E-state index in [1.165, 1.54) is 0 Å². The smallest absolute Gasteiger partial charge is 0.120 e. The van der Waals surface area contributed by atoms with Crippen LogP contribution in [-0.4, -0.2) is 28.6 Å². The van der Waals surface area contributed by atoms with Crippen LogP contribution in [0.3, 0.4) is 0 Å². The number of hydrogen-bond acceptors (Lipinski definition) is 4. The van der Waals surface area contributed by atoms with Crippen molar-refractivity contribution in [3.05, 3.63) is 40.6 Å². The van der Waals surface area contributed by atoms with Crippen LogP contribution in [0.25, 0.3) is 0 Å². The van der Waals surface area contributed by atoms with E-state index in [4.69, 9.17) is 4.74 Å². The van der Waals surface area contributed by atoms with Crippen molar-refractivity contribution in [1.82, 2.24) is 20.3 Å². The molecule has 18 heavy (non-hydrogen) atoms. The lowest BCUT2D eigenvalue weighted by Gasteiger charge is -2.05. The van der Waals surface area contributed by atoms with Gasteiger partial charge in [0.05, 0.1) is 12.2 Å². The number of benzene rings is 1. The second-order valence-corrected chi connectivity index (χ2v) is 4.72. The van der Waals surface area contributed by atoms with Gasteiger partial charge >= 0.3 is 0 Å². The third-order valence-electron chi connectivity index (χ3n) is 2.33. The SMILES string of the molecule is CNCc1cn(CCOc2cccc(Br)c2)nn1. The van der Waals surface area contributed by atoms with Crippen molar-refractivity contribution in [3.8, 4) is 5.75 Å². The maximum Gasteiger partial charge on any atom is 0.120 e. The van der Waals surface area contributed by atoms with E-state index in [9.17, 15) is 0 Å². The molecule has 0 aliphatic rings. The molecule has 1 aromatic carbocycles. The topological polar surface area (TPSA) is 52.0 Å². The van der Waals surface area contributed by atoms with E-state index in [1.54, 1.807) is 4.68 Å². The van der Waals surface area contributed by atoms with Crippen molar-refractivity contribution in [3.63, 3.8) is 0 Å². The molecule has 0 saturated carbocycles. The van der Waals surface area contributed by atoms with E-state index in [0.29, 0.717) is 13.2 Å². The molecule has 0 atom stereocenters. The van der Waals surface area contributed by atoms with Gasteiger partial charge in [0, 0.05) is 17.2 Å². The molecule has 0 spiro atoms. The first-order chi connectivity index (χ1) is 8.78. The zero-order valence-corrected chi connectivity index (χ0v) is 11.7. The average Bonchev–Trinajstić information content (AvgIpc) is 2.78. The first kappa shape index (κ1) is 13.0. The van der Waals surface area contributed by atoms with Crippen molar-refractivity contribution in [2.24, 2.45) is 0 Å². The Balaban J connectivity index is 1.81. The Kier molecular flexibility index (Phi) is 4.72. The summed E-state index contributed by atoms with van der Waals surface area (Å²) in [5, 5.41) is 11.1. The summed E-state index contributed by atoms with van der Waals surface area (Å²) in [6.45, 7) is 1.98. The van der Waals surface area contributed by atoms with Crippen molar-refractivity contribution in [2.75, 3.05) is 13.7 Å². The van der Waals surface area contributed by atoms with Crippen LogP contribution in [-0.2, 0) is 13.1 Å². The molecule has 1 heterocycles. The van der Waals surface area contributed by atoms with E-state index in [1.807, 2.05) is 37.5 Å². The van der Waals surface area contributed by atoms with Gasteiger partial charge in [-0.05, 0) is 25.2 Å². The van der Waals surface area contributed by atoms with Crippen LogP contribution in [0.5, 0.6) is 5.75 Å². The highest BCUT2D eigenvalue weighted by atomic mass is 79.9. The van der Waals surface area contributed by atoms with Crippen LogP contribution >= 0.6 is 15.9 Å². The van der Waals surface area contributed by atoms with Crippen LogP contribution in [0.1, 0.15) is 5.69 Å². The fourth-order valence-electron chi connectivity index (χ4n) is 1.52. The third-order valence-corrected chi connectivity index (χ3v) is 2.82. The van der Waals surface area contributed by atoms with Crippen molar-refractivity contribution >= 4 is 15.9 Å². The fraction of sp³-hybridized carbons (Fsp3) is 0.333. The summed E-state index contributed by atoms with van der Waals surface area (Å²) in [6, 6.07) is 7.78. The Hall–Kier alpha value is -1.40. The van der Waals surface area contributed by atoms with Gasteiger partial charge in [-0.1, -0.05) is 27.2 Å². The molecule has 0 radical (unpaired) electrons. The number of hydrogen-bond donors (Lipinski definition) is 1. The second kappa shape index (κ2) is 6.51. The molecular weight excluding hydrogens is 296 g/mol. The van der Waals surface area contributed by atoms with Crippen molar-refractivity contribution < 1.29 is 4.74 Å². The molecule has 0 saturated heterocycles. The highest BCUT2D eigenvalue weighted by Crippen LogP contribution is 2.17. The Bertz CT molecular complexity index is 500. The van der Waals surface area contributed by atoms with Gasteiger partial charge in [-0.15, -0.1) is 5.10 Å². The third kappa shape index (κ3) is 3.82. The molecule has 5 nitrogen and oxygen atoms in total. The fourth-order valence-corrected chi connectivity index (χ4v) is 1.90. The summed E-state index contributed by atoms with van der Waals surface area (Å²) >= 11 is 3.41. The van der Waals surface area contributed by atoms with E-state index >= 15 is 0 Å². The predicted octanol–water partition coefficient (Wildman–Crippen LogP) is 1.84. The quantitative estimate of drug-likeness (QED) is 0.884. The summed E-state index contributed by atoms with van der Waals surface area (Å²) in [5.74, 6) is 0.847. The van der Waals surface area contributed by atoms with Crippen LogP contribution in [0.2, 0.25) is 0 Å². The molecule has 0 aliphatic heterocycles. The highest BCUT2D eigenvalue weighted by molar-refractivity contribution is 9.10. The average molecular weight is 311 g/mol. The minimum absolute atomic E-state index is 0.568. The molecule has 0 bridgehead atoms. The Morgan fingerprint density at radius 1 is 1.44 bits per heavy atom. The Morgan fingerprint density at radius 3 is 3.11 bits per heavy atom. The van der Waals surface area contributed by atoms with Crippen LogP contribution in [0.15, 0.2) is 34.9 Å². The zero-order chi connectivity index (χ0) is 12.8. The maximum absolute atomic E-state index is 5.63. The van der Waals surface area contributed by atoms with Gasteiger partial charge in [-0.3, -0.25) is 0 Å². The summed E-state index contributed by atoms with van der Waals surface area (Å²) in [5.41, 5.74) is 0.931. The zero-order valence-electron chi connectivity index (χ0n) is 10.1. The number of nitrogens with zero attached hydrogens (tertiary/aromatic N) is 3. The lowest BCUT2D eigenvalue weighted by Crippen LogP contribution is -2.09. The maximum atomic E-state index is 5.63. The number of rotatable bonds is 6. The Morgan fingerprint density at radius 2 is 2.33 bits per heavy atom. The van der Waals surface area contributed by atoms with Crippen LogP contribution < -0.4 is 10.1 Å². The van der Waals surface area contributed by atoms with Gasteiger partial charge in [-0.25, -0.2) is 4.68 Å². The molecule has 96 valence electrons. The highest BCUT2D eigenvalue weighted by Gasteiger charge is 2.00. The standard InChI is InChI=1S/C12H15BrN4O/c1-14-8-11-9-17(16-15-11)5-6-18-12-4-2-3-10(13)7-12/h2-4,7,9,14H,5-6,8H2,1H3. The minimum atomic E-state index is 0.568. The molecule has 1 aromatic heterocycles. The van der Waals surface area contributed by atoms with Gasteiger partial charge in [0.1, 0.15) is 12.4 Å². The second-order valence-electron chi connectivity index (χ2n) is 3.81. The van der Waals surface area contributed by atoms with E-state index < -0.39 is 0 Å². The van der Waals surface area contributed by atoms with Crippen LogP contribution in [0, 0.1) is 0 Å². The van der Waals surface area contributed by atoms with E-state index in [-0.39, 0.29) is 0 Å². The molecule has 2 aromatic rings. The first-order valence-corrected chi connectivity index (χ1v) is 6.49. The predicted molar refractivity (Wildman–Crippen MR) is 72.4 cm³/mol. The van der Waals surface area contributed by atoms with Gasteiger partial charge in [0.25, 0.3) is 0 Å². The molecule has 1 N–H and O–H groups in total. The molecule has 0 unspecified atom stereocenters. The normalized spacial score (nSPS) is 10.6. The molecule has 6 heteroatoms. The summed E-state index contributed by atoms with van der Waals surface area (Å²) in [4.78, 5) is 0. The van der Waals surface area contributed by atoms with Crippen molar-refractivity contribution in [1.29, 1.82) is 0 Å².